The molecule has 0 aliphatic carbocycles. The molecular formula is C25H26N4O6S3. The van der Waals surface area contributed by atoms with Crippen LogP contribution in [0, 0.1) is 0 Å². The number of hydrogen-bond donors (Lipinski definition) is 1. The van der Waals surface area contributed by atoms with E-state index in [2.05, 4.69) is 15.3 Å². The molecule has 1 N–H and O–H groups in total. The predicted octanol–water partition coefficient (Wildman–Crippen LogP) is 3.35. The van der Waals surface area contributed by atoms with Crippen molar-refractivity contribution in [1.29, 1.82) is 0 Å². The molecule has 2 heterocycles. The average molecular weight is 575 g/mol. The van der Waals surface area contributed by atoms with Gasteiger partial charge in [-0.3, -0.25) is 9.59 Å². The number of thiazole rings is 2. The number of aromatic nitrogens is 2. The first-order chi connectivity index (χ1) is 18.3. The number of amides is 2. The van der Waals surface area contributed by atoms with E-state index in [1.165, 1.54) is 22.7 Å². The third-order valence-corrected chi connectivity index (χ3v) is 8.41. The summed E-state index contributed by atoms with van der Waals surface area (Å²) in [5.74, 6) is -2.70. The van der Waals surface area contributed by atoms with E-state index < -0.39 is 33.2 Å². The highest BCUT2D eigenvalue weighted by Gasteiger charge is 2.22. The van der Waals surface area contributed by atoms with E-state index in [4.69, 9.17) is 9.47 Å². The maximum atomic E-state index is 12.6. The van der Waals surface area contributed by atoms with Gasteiger partial charge in [0.25, 0.3) is 5.91 Å². The average Bonchev–Trinajstić information content (AvgIpc) is 3.46. The summed E-state index contributed by atoms with van der Waals surface area (Å²) in [6.45, 7) is 3.20. The highest BCUT2D eigenvalue weighted by molar-refractivity contribution is 7.92. The first-order valence-electron chi connectivity index (χ1n) is 11.6. The number of nitrogens with one attached hydrogen (secondary N) is 1. The Labute approximate surface area is 227 Å². The molecule has 0 fully saturated rings. The highest BCUT2D eigenvalue weighted by atomic mass is 32.2. The van der Waals surface area contributed by atoms with Crippen LogP contribution in [0.1, 0.15) is 6.92 Å². The molecule has 0 unspecified atom stereocenters. The van der Waals surface area contributed by atoms with Gasteiger partial charge >= 0.3 is 0 Å². The van der Waals surface area contributed by atoms with Crippen molar-refractivity contribution < 1.29 is 27.5 Å². The summed E-state index contributed by atoms with van der Waals surface area (Å²) in [5.41, 5.74) is 2.37. The van der Waals surface area contributed by atoms with Crippen LogP contribution in [-0.4, -0.2) is 61.6 Å². The maximum Gasteiger partial charge on any atom is 0.263 e. The Morgan fingerprint density at radius 1 is 1.13 bits per heavy atom. The van der Waals surface area contributed by atoms with Gasteiger partial charge in [-0.25, -0.2) is 13.4 Å². The Morgan fingerprint density at radius 3 is 2.66 bits per heavy atom. The molecule has 10 nitrogen and oxygen atoms in total. The Kier molecular flexibility index (Phi) is 9.05. The first-order valence-corrected chi connectivity index (χ1v) is 15.1. The number of hydrogen-bond acceptors (Lipinski definition) is 9. The van der Waals surface area contributed by atoms with E-state index in [0.717, 1.165) is 15.8 Å². The molecule has 0 radical (unpaired) electrons. The van der Waals surface area contributed by atoms with Crippen molar-refractivity contribution in [2.75, 3.05) is 37.1 Å². The maximum absolute atomic E-state index is 12.6. The van der Waals surface area contributed by atoms with Crippen LogP contribution in [0.3, 0.4) is 0 Å². The lowest BCUT2D eigenvalue weighted by Crippen LogP contribution is -2.28. The van der Waals surface area contributed by atoms with Crippen molar-refractivity contribution in [1.82, 2.24) is 9.55 Å². The van der Waals surface area contributed by atoms with E-state index in [-0.39, 0.29) is 5.13 Å². The molecule has 2 aromatic heterocycles. The van der Waals surface area contributed by atoms with Crippen molar-refractivity contribution >= 4 is 59.7 Å². The molecule has 0 bridgehead atoms. The Hall–Kier alpha value is -3.39. The van der Waals surface area contributed by atoms with Gasteiger partial charge in [0.05, 0.1) is 29.1 Å². The molecule has 13 heteroatoms. The zero-order chi connectivity index (χ0) is 27.1. The van der Waals surface area contributed by atoms with E-state index in [1.807, 2.05) is 55.5 Å². The number of ether oxygens (including phenoxy) is 2. The molecule has 200 valence electrons. The van der Waals surface area contributed by atoms with Gasteiger partial charge < -0.3 is 19.4 Å². The molecule has 4 aromatic rings. The van der Waals surface area contributed by atoms with Crippen molar-refractivity contribution in [2.45, 2.75) is 13.5 Å². The molecule has 0 aliphatic rings. The van der Waals surface area contributed by atoms with Crippen molar-refractivity contribution in [2.24, 2.45) is 4.99 Å². The molecular weight excluding hydrogens is 548 g/mol. The number of rotatable bonds is 11. The van der Waals surface area contributed by atoms with Crippen LogP contribution < -0.4 is 14.9 Å². The fraction of sp³-hybridized carbons (Fsp3) is 0.280. The van der Waals surface area contributed by atoms with E-state index in [1.54, 1.807) is 17.1 Å². The second-order valence-electron chi connectivity index (χ2n) is 8.08. The zero-order valence-electron chi connectivity index (χ0n) is 20.7. The SMILES string of the molecule is CCOc1ccc2c(c1)sc(=NC(=O)CS(=O)(=O)CC(=O)Nc1nc(-c3ccccc3)cs1)n2CCOC. The minimum absolute atomic E-state index is 0.274. The van der Waals surface area contributed by atoms with Gasteiger partial charge in [-0.1, -0.05) is 41.7 Å². The van der Waals surface area contributed by atoms with Crippen LogP contribution in [0.5, 0.6) is 5.75 Å². The number of sulfone groups is 1. The minimum Gasteiger partial charge on any atom is -0.494 e. The lowest BCUT2D eigenvalue weighted by Gasteiger charge is -2.06. The lowest BCUT2D eigenvalue weighted by atomic mass is 10.2. The topological polar surface area (TPSA) is 129 Å². The second kappa shape index (κ2) is 12.4. The Bertz CT molecular complexity index is 1610. The van der Waals surface area contributed by atoms with Crippen molar-refractivity contribution in [3.63, 3.8) is 0 Å². The monoisotopic (exact) mass is 574 g/mol. The van der Waals surface area contributed by atoms with Crippen LogP contribution in [0.2, 0.25) is 0 Å². The van der Waals surface area contributed by atoms with Crippen LogP contribution in [0.15, 0.2) is 58.9 Å². The molecule has 38 heavy (non-hydrogen) atoms. The third-order valence-electron chi connectivity index (χ3n) is 5.22. The summed E-state index contributed by atoms with van der Waals surface area (Å²) in [4.78, 5) is 33.8. The van der Waals surface area contributed by atoms with Crippen molar-refractivity contribution in [3.05, 3.63) is 58.7 Å². The van der Waals surface area contributed by atoms with Crippen molar-refractivity contribution in [3.8, 4) is 17.0 Å². The number of carbonyl (C=O) groups excluding carboxylic acids is 2. The van der Waals surface area contributed by atoms with Gasteiger partial charge in [0.15, 0.2) is 19.8 Å². The van der Waals surface area contributed by atoms with Crippen LogP contribution in [-0.2, 0) is 30.7 Å². The van der Waals surface area contributed by atoms with Gasteiger partial charge in [-0.2, -0.15) is 4.99 Å². The quantitative estimate of drug-likeness (QED) is 0.291. The third kappa shape index (κ3) is 7.13. The fourth-order valence-corrected chi connectivity index (χ4v) is 6.45. The Balaban J connectivity index is 1.46. The fourth-order valence-electron chi connectivity index (χ4n) is 3.60. The molecule has 4 rings (SSSR count). The first kappa shape index (κ1) is 27.6. The molecule has 2 aromatic carbocycles. The van der Waals surface area contributed by atoms with Gasteiger partial charge in [0.1, 0.15) is 17.3 Å². The standard InChI is InChI=1S/C25H26N4O6S3/c1-3-35-18-9-10-20-21(13-18)37-25(29(20)11-12-34-2)28-23(31)16-38(32,33)15-22(30)27-24-26-19(14-36-24)17-7-5-4-6-8-17/h4-10,13-14H,3,11-12,15-16H2,1-2H3,(H,26,27,30). The number of carbonyl (C=O) groups is 2. The molecule has 0 saturated heterocycles. The van der Waals surface area contributed by atoms with Gasteiger partial charge in [0.2, 0.25) is 5.91 Å². The minimum atomic E-state index is -4.07. The molecule has 0 spiro atoms. The number of nitrogens with zero attached hydrogens (tertiary/aromatic N) is 3. The number of anilines is 1. The zero-order valence-corrected chi connectivity index (χ0v) is 23.2. The number of methoxy groups -OCH3 is 1. The normalized spacial score (nSPS) is 12.1. The molecule has 0 saturated carbocycles. The molecule has 0 aliphatic heterocycles. The predicted molar refractivity (Wildman–Crippen MR) is 148 cm³/mol. The van der Waals surface area contributed by atoms with Gasteiger partial charge in [-0.15, -0.1) is 11.3 Å². The van der Waals surface area contributed by atoms with Crippen LogP contribution in [0.4, 0.5) is 5.13 Å². The van der Waals surface area contributed by atoms with Crippen LogP contribution >= 0.6 is 22.7 Å². The van der Waals surface area contributed by atoms with Gasteiger partial charge in [-0.05, 0) is 25.1 Å². The molecule has 0 atom stereocenters. The summed E-state index contributed by atoms with van der Waals surface area (Å²) in [5, 5.41) is 4.54. The van der Waals surface area contributed by atoms with Crippen LogP contribution in [0.25, 0.3) is 21.5 Å². The Morgan fingerprint density at radius 2 is 1.92 bits per heavy atom. The van der Waals surface area contributed by atoms with E-state index in [9.17, 15) is 18.0 Å². The largest absolute Gasteiger partial charge is 0.494 e. The van der Waals surface area contributed by atoms with E-state index in [0.29, 0.717) is 36.0 Å². The molecule has 2 amide bonds. The highest BCUT2D eigenvalue weighted by Crippen LogP contribution is 2.25. The van der Waals surface area contributed by atoms with E-state index >= 15 is 0 Å². The number of fused-ring (bicyclic) bond motifs is 1. The second-order valence-corrected chi connectivity index (χ2v) is 12.0. The summed E-state index contributed by atoms with van der Waals surface area (Å²) in [6, 6.07) is 14.9. The number of benzene rings is 2. The summed E-state index contributed by atoms with van der Waals surface area (Å²) in [6.07, 6.45) is 0. The summed E-state index contributed by atoms with van der Waals surface area (Å²) in [7, 11) is -2.50. The lowest BCUT2D eigenvalue weighted by molar-refractivity contribution is -0.115. The smallest absolute Gasteiger partial charge is 0.263 e. The summed E-state index contributed by atoms with van der Waals surface area (Å²) >= 11 is 2.43. The van der Waals surface area contributed by atoms with Gasteiger partial charge in [0, 0.05) is 24.6 Å². The summed E-state index contributed by atoms with van der Waals surface area (Å²) < 4.78 is 38.6.